The largest absolute Gasteiger partial charge is 0.430 e. The van der Waals surface area contributed by atoms with Crippen molar-refractivity contribution >= 4 is 5.82 Å². The van der Waals surface area contributed by atoms with Crippen LogP contribution in [0, 0.1) is 10.1 Å². The Bertz CT molecular complexity index is 824. The molecule has 1 aromatic carbocycles. The van der Waals surface area contributed by atoms with Crippen molar-refractivity contribution in [3.05, 3.63) is 82.4 Å². The highest BCUT2D eigenvalue weighted by atomic mass is 16.6. The topological polar surface area (TPSA) is 91.0 Å². The number of aromatic nitrogens is 3. The SMILES string of the molecule is O=[N+]([O-])c1ncccc1Oc1ccnc(Cc2ccccc2)n1. The average Bonchev–Trinajstić information content (AvgIpc) is 2.56. The van der Waals surface area contributed by atoms with Crippen LogP contribution in [0.15, 0.2) is 60.9 Å². The second-order valence-electron chi connectivity index (χ2n) is 4.66. The molecule has 2 heterocycles. The first kappa shape index (κ1) is 14.6. The van der Waals surface area contributed by atoms with Gasteiger partial charge in [0, 0.05) is 18.7 Å². The molecule has 0 radical (unpaired) electrons. The second kappa shape index (κ2) is 6.61. The summed E-state index contributed by atoms with van der Waals surface area (Å²) >= 11 is 0. The first-order valence-corrected chi connectivity index (χ1v) is 6.85. The molecule has 2 aromatic heterocycles. The van der Waals surface area contributed by atoms with Gasteiger partial charge < -0.3 is 14.9 Å². The lowest BCUT2D eigenvalue weighted by atomic mass is 10.1. The molecular weight excluding hydrogens is 296 g/mol. The van der Waals surface area contributed by atoms with Crippen molar-refractivity contribution in [1.29, 1.82) is 0 Å². The van der Waals surface area contributed by atoms with E-state index in [1.165, 1.54) is 12.3 Å². The van der Waals surface area contributed by atoms with Gasteiger partial charge in [-0.2, -0.15) is 4.98 Å². The van der Waals surface area contributed by atoms with Crippen molar-refractivity contribution < 1.29 is 9.66 Å². The Kier molecular flexibility index (Phi) is 4.19. The lowest BCUT2D eigenvalue weighted by Crippen LogP contribution is -2.00. The van der Waals surface area contributed by atoms with E-state index in [9.17, 15) is 10.1 Å². The molecule has 3 aromatic rings. The van der Waals surface area contributed by atoms with Gasteiger partial charge in [-0.1, -0.05) is 30.3 Å². The van der Waals surface area contributed by atoms with Crippen LogP contribution in [0.4, 0.5) is 5.82 Å². The molecule has 0 spiro atoms. The van der Waals surface area contributed by atoms with Crippen LogP contribution in [-0.4, -0.2) is 19.9 Å². The highest BCUT2D eigenvalue weighted by Crippen LogP contribution is 2.27. The first-order chi connectivity index (χ1) is 11.2. The lowest BCUT2D eigenvalue weighted by molar-refractivity contribution is -0.390. The van der Waals surface area contributed by atoms with Gasteiger partial charge in [0.15, 0.2) is 0 Å². The summed E-state index contributed by atoms with van der Waals surface area (Å²) in [6.07, 6.45) is 3.45. The van der Waals surface area contributed by atoms with Crippen molar-refractivity contribution in [3.8, 4) is 11.6 Å². The summed E-state index contributed by atoms with van der Waals surface area (Å²) in [5, 5.41) is 11.0. The molecule has 114 valence electrons. The Morgan fingerprint density at radius 1 is 1.00 bits per heavy atom. The van der Waals surface area contributed by atoms with Crippen LogP contribution in [0.25, 0.3) is 0 Å². The predicted octanol–water partition coefficient (Wildman–Crippen LogP) is 3.16. The van der Waals surface area contributed by atoms with Crippen molar-refractivity contribution in [3.63, 3.8) is 0 Å². The Morgan fingerprint density at radius 3 is 2.61 bits per heavy atom. The third-order valence-corrected chi connectivity index (χ3v) is 3.02. The third-order valence-electron chi connectivity index (χ3n) is 3.02. The quantitative estimate of drug-likeness (QED) is 0.531. The minimum Gasteiger partial charge on any atom is -0.430 e. The van der Waals surface area contributed by atoms with E-state index in [0.717, 1.165) is 5.56 Å². The van der Waals surface area contributed by atoms with E-state index in [1.807, 2.05) is 30.3 Å². The fraction of sp³-hybridized carbons (Fsp3) is 0.0625. The molecule has 7 nitrogen and oxygen atoms in total. The number of ether oxygens (including phenoxy) is 1. The summed E-state index contributed by atoms with van der Waals surface area (Å²) < 4.78 is 5.49. The van der Waals surface area contributed by atoms with Crippen LogP contribution in [-0.2, 0) is 6.42 Å². The van der Waals surface area contributed by atoms with Gasteiger partial charge in [0.05, 0.1) is 0 Å². The zero-order valence-electron chi connectivity index (χ0n) is 12.0. The number of hydrogen-bond acceptors (Lipinski definition) is 6. The van der Waals surface area contributed by atoms with Gasteiger partial charge in [0.2, 0.25) is 11.6 Å². The smallest absolute Gasteiger partial charge is 0.406 e. The second-order valence-corrected chi connectivity index (χ2v) is 4.66. The molecule has 0 N–H and O–H groups in total. The number of benzene rings is 1. The molecule has 0 aliphatic heterocycles. The lowest BCUT2D eigenvalue weighted by Gasteiger charge is -2.06. The maximum absolute atomic E-state index is 11.0. The summed E-state index contributed by atoms with van der Waals surface area (Å²) in [6.45, 7) is 0. The summed E-state index contributed by atoms with van der Waals surface area (Å²) in [7, 11) is 0. The zero-order chi connectivity index (χ0) is 16.1. The van der Waals surface area contributed by atoms with E-state index in [0.29, 0.717) is 12.2 Å². The molecule has 0 aliphatic rings. The van der Waals surface area contributed by atoms with Gasteiger partial charge in [-0.15, -0.1) is 0 Å². The van der Waals surface area contributed by atoms with Crippen molar-refractivity contribution in [2.45, 2.75) is 6.42 Å². The normalized spacial score (nSPS) is 10.3. The molecule has 0 atom stereocenters. The van der Waals surface area contributed by atoms with Gasteiger partial charge in [-0.25, -0.2) is 4.98 Å². The maximum Gasteiger partial charge on any atom is 0.406 e. The minimum absolute atomic E-state index is 0.0434. The van der Waals surface area contributed by atoms with E-state index in [2.05, 4.69) is 15.0 Å². The third kappa shape index (κ3) is 3.65. The molecule has 0 aliphatic carbocycles. The number of nitro groups is 1. The van der Waals surface area contributed by atoms with Crippen molar-refractivity contribution in [2.75, 3.05) is 0 Å². The summed E-state index contributed by atoms with van der Waals surface area (Å²) in [6, 6.07) is 14.4. The van der Waals surface area contributed by atoms with Gasteiger partial charge in [-0.05, 0) is 27.6 Å². The van der Waals surface area contributed by atoms with Gasteiger partial charge in [0.25, 0.3) is 0 Å². The molecule has 0 amide bonds. The molecule has 0 bridgehead atoms. The van der Waals surface area contributed by atoms with Crippen molar-refractivity contribution in [1.82, 2.24) is 15.0 Å². The van der Waals surface area contributed by atoms with Crippen molar-refractivity contribution in [2.24, 2.45) is 0 Å². The fourth-order valence-electron chi connectivity index (χ4n) is 2.01. The maximum atomic E-state index is 11.0. The van der Waals surface area contributed by atoms with Crippen LogP contribution in [0.1, 0.15) is 11.4 Å². The monoisotopic (exact) mass is 308 g/mol. The molecule has 3 rings (SSSR count). The molecule has 7 heteroatoms. The molecule has 0 saturated carbocycles. The Balaban J connectivity index is 1.82. The summed E-state index contributed by atoms with van der Waals surface area (Å²) in [4.78, 5) is 22.5. The van der Waals surface area contributed by atoms with Crippen LogP contribution in [0.3, 0.4) is 0 Å². The van der Waals surface area contributed by atoms with Crippen LogP contribution >= 0.6 is 0 Å². The van der Waals surface area contributed by atoms with Gasteiger partial charge in [-0.3, -0.25) is 0 Å². The Labute approximate surface area is 131 Å². The van der Waals surface area contributed by atoms with E-state index in [4.69, 9.17) is 4.74 Å². The predicted molar refractivity (Wildman–Crippen MR) is 82.2 cm³/mol. The molecule has 0 fully saturated rings. The van der Waals surface area contributed by atoms with E-state index in [-0.39, 0.29) is 17.4 Å². The minimum atomic E-state index is -0.596. The van der Waals surface area contributed by atoms with E-state index in [1.54, 1.807) is 18.3 Å². The highest BCUT2D eigenvalue weighted by molar-refractivity contribution is 5.40. The van der Waals surface area contributed by atoms with Gasteiger partial charge in [0.1, 0.15) is 12.0 Å². The summed E-state index contributed by atoms with van der Waals surface area (Å²) in [5.41, 5.74) is 1.07. The molecule has 0 unspecified atom stereocenters. The van der Waals surface area contributed by atoms with Crippen LogP contribution in [0.5, 0.6) is 11.6 Å². The zero-order valence-corrected chi connectivity index (χ0v) is 12.0. The number of nitrogens with zero attached hydrogens (tertiary/aromatic N) is 4. The number of hydrogen-bond donors (Lipinski definition) is 0. The van der Waals surface area contributed by atoms with E-state index >= 15 is 0 Å². The molecular formula is C16H12N4O3. The van der Waals surface area contributed by atoms with E-state index < -0.39 is 4.92 Å². The number of pyridine rings is 1. The van der Waals surface area contributed by atoms with Gasteiger partial charge >= 0.3 is 5.82 Å². The Morgan fingerprint density at radius 2 is 1.83 bits per heavy atom. The standard InChI is InChI=1S/C16H12N4O3/c21-20(22)16-13(7-4-9-18-16)23-15-8-10-17-14(19-15)11-12-5-2-1-3-6-12/h1-10H,11H2. The fourth-order valence-corrected chi connectivity index (χ4v) is 2.01. The van der Waals surface area contributed by atoms with Crippen LogP contribution < -0.4 is 4.74 Å². The molecule has 23 heavy (non-hydrogen) atoms. The number of rotatable bonds is 5. The van der Waals surface area contributed by atoms with Crippen LogP contribution in [0.2, 0.25) is 0 Å². The highest BCUT2D eigenvalue weighted by Gasteiger charge is 2.17. The average molecular weight is 308 g/mol. The molecule has 0 saturated heterocycles. The summed E-state index contributed by atoms with van der Waals surface area (Å²) in [5.74, 6) is 0.500. The first-order valence-electron chi connectivity index (χ1n) is 6.85. The Hall–Kier alpha value is -3.35.